The third-order valence-electron chi connectivity index (χ3n) is 5.59. The summed E-state index contributed by atoms with van der Waals surface area (Å²) in [6.07, 6.45) is 3.01. The number of aromatic nitrogens is 5. The summed E-state index contributed by atoms with van der Waals surface area (Å²) in [7, 11) is 0. The first-order valence-electron chi connectivity index (χ1n) is 11.2. The molecule has 3 aromatic heterocycles. The van der Waals surface area contributed by atoms with Gasteiger partial charge in [0.15, 0.2) is 11.2 Å². The molecule has 1 N–H and O–H groups in total. The molecule has 0 unspecified atom stereocenters. The van der Waals surface area contributed by atoms with Crippen molar-refractivity contribution >= 4 is 22.8 Å². The normalized spacial score (nSPS) is 11.1. The lowest BCUT2D eigenvalue weighted by molar-refractivity contribution is 0.472. The van der Waals surface area contributed by atoms with Crippen molar-refractivity contribution in [2.24, 2.45) is 0 Å². The molecule has 0 amide bonds. The van der Waals surface area contributed by atoms with E-state index in [1.54, 1.807) is 41.2 Å². The molecule has 0 saturated heterocycles. The zero-order valence-electron chi connectivity index (χ0n) is 19.3. The molecule has 0 aliphatic rings. The predicted octanol–water partition coefficient (Wildman–Crippen LogP) is 5.04. The molecule has 0 saturated carbocycles. The van der Waals surface area contributed by atoms with Crippen molar-refractivity contribution in [1.82, 2.24) is 24.1 Å². The number of anilines is 2. The van der Waals surface area contributed by atoms with Gasteiger partial charge in [-0.3, -0.25) is 9.36 Å². The van der Waals surface area contributed by atoms with E-state index in [0.717, 1.165) is 5.56 Å². The molecular weight excluding hydrogens is 447 g/mol. The number of nitrogens with zero attached hydrogens (tertiary/aromatic N) is 5. The van der Waals surface area contributed by atoms with Gasteiger partial charge in [-0.25, -0.2) is 9.97 Å². The Morgan fingerprint density at radius 1 is 1.00 bits per heavy atom. The van der Waals surface area contributed by atoms with Crippen LogP contribution in [0.4, 0.5) is 16.0 Å². The fraction of sp³-hybridized carbons (Fsp3) is 0.154. The summed E-state index contributed by atoms with van der Waals surface area (Å²) in [5.41, 5.74) is 3.62. The van der Waals surface area contributed by atoms with Crippen LogP contribution in [0.5, 0.6) is 11.5 Å². The lowest BCUT2D eigenvalue weighted by Gasteiger charge is -2.16. The zero-order chi connectivity index (χ0) is 24.4. The molecule has 35 heavy (non-hydrogen) atoms. The van der Waals surface area contributed by atoms with Crippen LogP contribution in [0.25, 0.3) is 11.2 Å². The van der Waals surface area contributed by atoms with Gasteiger partial charge in [0.05, 0.1) is 12.9 Å². The monoisotopic (exact) mass is 470 g/mol. The van der Waals surface area contributed by atoms with E-state index in [4.69, 9.17) is 4.74 Å². The Hall–Kier alpha value is -4.53. The van der Waals surface area contributed by atoms with Crippen molar-refractivity contribution in [3.63, 3.8) is 0 Å². The highest BCUT2D eigenvalue weighted by molar-refractivity contribution is 5.73. The van der Waals surface area contributed by atoms with E-state index in [2.05, 4.69) is 20.3 Å². The van der Waals surface area contributed by atoms with Crippen molar-refractivity contribution in [2.75, 3.05) is 5.32 Å². The standard InChI is InChI=1S/C26H23FN6O2/c1-3-32-16-29-24-23(32)25(34)31-26(33(24)15-18-6-4-17(2)5-7-18)30-19-8-10-20(11-9-19)35-21-12-13-28-22(27)14-21/h4-14,16H,3,15H2,1-2H3,(H,30,31,34). The van der Waals surface area contributed by atoms with Crippen molar-refractivity contribution in [3.8, 4) is 11.5 Å². The summed E-state index contributed by atoms with van der Waals surface area (Å²) >= 11 is 0. The second-order valence-electron chi connectivity index (χ2n) is 8.08. The minimum Gasteiger partial charge on any atom is -0.457 e. The van der Waals surface area contributed by atoms with E-state index in [9.17, 15) is 9.18 Å². The first-order chi connectivity index (χ1) is 17.0. The van der Waals surface area contributed by atoms with Crippen LogP contribution in [0.3, 0.4) is 0 Å². The molecule has 0 aliphatic heterocycles. The van der Waals surface area contributed by atoms with Gasteiger partial charge in [0.2, 0.25) is 11.9 Å². The fourth-order valence-electron chi connectivity index (χ4n) is 3.78. The molecule has 0 radical (unpaired) electrons. The quantitative estimate of drug-likeness (QED) is 0.336. The van der Waals surface area contributed by atoms with Gasteiger partial charge in [0, 0.05) is 24.5 Å². The number of halogens is 1. The van der Waals surface area contributed by atoms with Crippen LogP contribution in [0.15, 0.2) is 78.0 Å². The van der Waals surface area contributed by atoms with Gasteiger partial charge < -0.3 is 14.6 Å². The Balaban J connectivity index is 1.48. The molecule has 0 bridgehead atoms. The fourth-order valence-corrected chi connectivity index (χ4v) is 3.78. The van der Waals surface area contributed by atoms with Crippen LogP contribution in [0.2, 0.25) is 0 Å². The molecular formula is C26H23FN6O2. The summed E-state index contributed by atoms with van der Waals surface area (Å²) in [5, 5.41) is 3.24. The molecule has 5 rings (SSSR count). The summed E-state index contributed by atoms with van der Waals surface area (Å²) in [6.45, 7) is 5.11. The number of fused-ring (bicyclic) bond motifs is 1. The van der Waals surface area contributed by atoms with Crippen LogP contribution in [-0.4, -0.2) is 24.1 Å². The topological polar surface area (TPSA) is 86.9 Å². The van der Waals surface area contributed by atoms with Gasteiger partial charge in [-0.2, -0.15) is 9.37 Å². The van der Waals surface area contributed by atoms with E-state index < -0.39 is 5.95 Å². The van der Waals surface area contributed by atoms with Gasteiger partial charge in [-0.1, -0.05) is 29.8 Å². The summed E-state index contributed by atoms with van der Waals surface area (Å²) in [6, 6.07) is 18.1. The predicted molar refractivity (Wildman–Crippen MR) is 132 cm³/mol. The number of nitrogens with one attached hydrogen (secondary N) is 1. The average Bonchev–Trinajstić information content (AvgIpc) is 3.29. The maximum Gasteiger partial charge on any atom is 0.300 e. The number of ether oxygens (including phenoxy) is 1. The zero-order valence-corrected chi connectivity index (χ0v) is 19.3. The molecule has 0 spiro atoms. The van der Waals surface area contributed by atoms with Gasteiger partial charge in [-0.05, 0) is 49.7 Å². The molecule has 3 heterocycles. The molecule has 0 fully saturated rings. The van der Waals surface area contributed by atoms with Gasteiger partial charge >= 0.3 is 5.56 Å². The maximum atomic E-state index is 13.3. The Morgan fingerprint density at radius 2 is 1.77 bits per heavy atom. The SMILES string of the molecule is CCn1cnc2c1c(=O)nc(Nc1ccc(Oc3ccnc(F)c3)cc1)n2Cc1ccc(C)cc1. The molecule has 176 valence electrons. The van der Waals surface area contributed by atoms with Gasteiger partial charge in [0.1, 0.15) is 11.5 Å². The van der Waals surface area contributed by atoms with Crippen molar-refractivity contribution < 1.29 is 9.13 Å². The van der Waals surface area contributed by atoms with Crippen molar-refractivity contribution in [1.29, 1.82) is 0 Å². The smallest absolute Gasteiger partial charge is 0.300 e. The maximum absolute atomic E-state index is 13.3. The van der Waals surface area contributed by atoms with E-state index in [1.165, 1.54) is 17.8 Å². The first-order valence-corrected chi connectivity index (χ1v) is 11.2. The van der Waals surface area contributed by atoms with Gasteiger partial charge in [-0.15, -0.1) is 0 Å². The molecule has 2 aromatic carbocycles. The number of rotatable bonds is 7. The summed E-state index contributed by atoms with van der Waals surface area (Å²) in [5.74, 6) is 0.653. The second kappa shape index (κ2) is 9.38. The average molecular weight is 471 g/mol. The first kappa shape index (κ1) is 22.3. The van der Waals surface area contributed by atoms with E-state index in [-0.39, 0.29) is 5.56 Å². The lowest BCUT2D eigenvalue weighted by atomic mass is 10.1. The Labute approximate surface area is 200 Å². The number of benzene rings is 2. The van der Waals surface area contributed by atoms with Crippen LogP contribution < -0.4 is 15.6 Å². The highest BCUT2D eigenvalue weighted by Crippen LogP contribution is 2.25. The number of imidazole rings is 1. The molecule has 8 nitrogen and oxygen atoms in total. The van der Waals surface area contributed by atoms with Crippen LogP contribution in [0, 0.1) is 12.9 Å². The van der Waals surface area contributed by atoms with Gasteiger partial charge in [0.25, 0.3) is 0 Å². The number of hydrogen-bond acceptors (Lipinski definition) is 6. The number of pyridine rings is 1. The molecule has 0 aliphatic carbocycles. The third kappa shape index (κ3) is 4.74. The van der Waals surface area contributed by atoms with E-state index >= 15 is 0 Å². The Bertz CT molecular complexity index is 1540. The lowest BCUT2D eigenvalue weighted by Crippen LogP contribution is -2.20. The molecule has 9 heteroatoms. The van der Waals surface area contributed by atoms with Crippen LogP contribution in [-0.2, 0) is 13.1 Å². The van der Waals surface area contributed by atoms with Crippen LogP contribution in [0.1, 0.15) is 18.1 Å². The Kier molecular flexibility index (Phi) is 5.97. The number of hydrogen-bond donors (Lipinski definition) is 1. The molecule has 0 atom stereocenters. The number of aryl methyl sites for hydroxylation is 2. The van der Waals surface area contributed by atoms with E-state index in [1.807, 2.05) is 42.7 Å². The third-order valence-corrected chi connectivity index (χ3v) is 5.59. The minimum atomic E-state index is -0.612. The highest BCUT2D eigenvalue weighted by Gasteiger charge is 2.16. The second-order valence-corrected chi connectivity index (χ2v) is 8.08. The Morgan fingerprint density at radius 3 is 2.49 bits per heavy atom. The largest absolute Gasteiger partial charge is 0.457 e. The van der Waals surface area contributed by atoms with E-state index in [0.29, 0.717) is 47.4 Å². The summed E-state index contributed by atoms with van der Waals surface area (Å²) in [4.78, 5) is 25.3. The molecule has 5 aromatic rings. The van der Waals surface area contributed by atoms with Crippen LogP contribution >= 0.6 is 0 Å². The van der Waals surface area contributed by atoms with Crippen molar-refractivity contribution in [3.05, 3.63) is 101 Å². The highest BCUT2D eigenvalue weighted by atomic mass is 19.1. The minimum absolute atomic E-state index is 0.346. The summed E-state index contributed by atoms with van der Waals surface area (Å²) < 4.78 is 22.7. The van der Waals surface area contributed by atoms with Crippen molar-refractivity contribution in [2.45, 2.75) is 26.9 Å².